The van der Waals surface area contributed by atoms with E-state index in [1.807, 2.05) is 42.5 Å². The molecule has 8 nitrogen and oxygen atoms in total. The normalized spacial score (nSPS) is 10.7. The van der Waals surface area contributed by atoms with E-state index >= 15 is 0 Å². The number of nitrogens with two attached hydrogens (primary N) is 2. The Labute approximate surface area is 193 Å². The average Bonchev–Trinajstić information content (AvgIpc) is 3.23. The highest BCUT2D eigenvalue weighted by atomic mass is 32.1. The van der Waals surface area contributed by atoms with E-state index in [0.29, 0.717) is 5.01 Å². The summed E-state index contributed by atoms with van der Waals surface area (Å²) in [5.74, 6) is 4.19. The predicted molar refractivity (Wildman–Crippen MR) is 128 cm³/mol. The Balaban J connectivity index is 1.39. The molecule has 4 rings (SSSR count). The fraction of sp³-hybridized carbons (Fsp3) is 0.0833. The fourth-order valence-electron chi connectivity index (χ4n) is 3.34. The molecule has 0 radical (unpaired) electrons. The number of para-hydroxylation sites is 1. The first kappa shape index (κ1) is 22.1. The summed E-state index contributed by atoms with van der Waals surface area (Å²) in [5, 5.41) is 4.00. The molecule has 5 N–H and O–H groups in total. The van der Waals surface area contributed by atoms with Gasteiger partial charge in [0.05, 0.1) is 34.4 Å². The Hall–Kier alpha value is -4.08. The van der Waals surface area contributed by atoms with Crippen LogP contribution in [0.5, 0.6) is 0 Å². The molecule has 0 bridgehead atoms. The first-order valence-corrected chi connectivity index (χ1v) is 10.9. The van der Waals surface area contributed by atoms with Gasteiger partial charge >= 0.3 is 0 Å². The van der Waals surface area contributed by atoms with Crippen molar-refractivity contribution in [3.05, 3.63) is 83.4 Å². The van der Waals surface area contributed by atoms with Gasteiger partial charge in [-0.15, -0.1) is 11.3 Å². The standard InChI is InChI=1S/C24H21N5O3S/c25-24(32)17-8-4-5-9-19(17)29(26)23(31)14-27-21(30)13-22-28-18-11-10-16(12-20(18)33-22)15-6-2-1-3-7-15/h1-12H,13-14,26H2,(H2,25,32)(H,27,30). The van der Waals surface area contributed by atoms with Gasteiger partial charge in [0, 0.05) is 0 Å². The largest absolute Gasteiger partial charge is 0.366 e. The summed E-state index contributed by atoms with van der Waals surface area (Å²) < 4.78 is 0.978. The number of hydrazine groups is 1. The SMILES string of the molecule is NC(=O)c1ccccc1N(N)C(=O)CNC(=O)Cc1nc2ccc(-c3ccccc3)cc2s1. The third-order valence-electron chi connectivity index (χ3n) is 4.99. The molecule has 3 amide bonds. The number of benzene rings is 3. The van der Waals surface area contributed by atoms with Crippen LogP contribution in [0.3, 0.4) is 0 Å². The van der Waals surface area contributed by atoms with Gasteiger partial charge in [0.2, 0.25) is 5.91 Å². The Morgan fingerprint density at radius 3 is 2.42 bits per heavy atom. The summed E-state index contributed by atoms with van der Waals surface area (Å²) in [7, 11) is 0. The lowest BCUT2D eigenvalue weighted by Crippen LogP contribution is -2.45. The van der Waals surface area contributed by atoms with Gasteiger partial charge in [-0.2, -0.15) is 0 Å². The van der Waals surface area contributed by atoms with Crippen molar-refractivity contribution >= 4 is 45.0 Å². The van der Waals surface area contributed by atoms with Gasteiger partial charge in [-0.1, -0.05) is 48.5 Å². The van der Waals surface area contributed by atoms with Crippen LogP contribution in [-0.2, 0) is 16.0 Å². The second-order valence-corrected chi connectivity index (χ2v) is 8.37. The van der Waals surface area contributed by atoms with Gasteiger partial charge < -0.3 is 11.1 Å². The van der Waals surface area contributed by atoms with Gasteiger partial charge in [-0.3, -0.25) is 14.4 Å². The lowest BCUT2D eigenvalue weighted by molar-refractivity contribution is -0.124. The van der Waals surface area contributed by atoms with Gasteiger partial charge in [-0.25, -0.2) is 15.8 Å². The molecule has 9 heteroatoms. The molecule has 0 fully saturated rings. The third-order valence-corrected chi connectivity index (χ3v) is 6.00. The summed E-state index contributed by atoms with van der Waals surface area (Å²) in [4.78, 5) is 40.9. The average molecular weight is 460 g/mol. The summed E-state index contributed by atoms with van der Waals surface area (Å²) in [5.41, 5.74) is 8.61. The predicted octanol–water partition coefficient (Wildman–Crippen LogP) is 2.63. The summed E-state index contributed by atoms with van der Waals surface area (Å²) in [6.45, 7) is -0.328. The Bertz CT molecular complexity index is 1340. The van der Waals surface area contributed by atoms with Crippen molar-refractivity contribution in [1.82, 2.24) is 10.3 Å². The van der Waals surface area contributed by atoms with E-state index in [-0.39, 0.29) is 30.1 Å². The minimum Gasteiger partial charge on any atom is -0.366 e. The quantitative estimate of drug-likeness (QED) is 0.222. The number of aromatic nitrogens is 1. The van der Waals surface area contributed by atoms with Crippen molar-refractivity contribution in [3.8, 4) is 11.1 Å². The number of primary amides is 1. The van der Waals surface area contributed by atoms with Crippen molar-refractivity contribution in [3.63, 3.8) is 0 Å². The number of nitrogens with one attached hydrogen (secondary N) is 1. The molecule has 0 spiro atoms. The molecule has 0 saturated carbocycles. The summed E-state index contributed by atoms with van der Waals surface area (Å²) in [6.07, 6.45) is 0.0374. The van der Waals surface area contributed by atoms with Crippen LogP contribution in [0.2, 0.25) is 0 Å². The number of carbonyl (C=O) groups excluding carboxylic acids is 3. The molecule has 0 aliphatic heterocycles. The van der Waals surface area contributed by atoms with Gasteiger partial charge in [0.1, 0.15) is 5.01 Å². The van der Waals surface area contributed by atoms with E-state index in [1.165, 1.54) is 23.5 Å². The Kier molecular flexibility index (Phi) is 6.43. The minimum atomic E-state index is -0.704. The van der Waals surface area contributed by atoms with E-state index in [2.05, 4.69) is 16.4 Å². The van der Waals surface area contributed by atoms with Gasteiger partial charge in [-0.05, 0) is 35.4 Å². The van der Waals surface area contributed by atoms with E-state index in [0.717, 1.165) is 26.4 Å². The van der Waals surface area contributed by atoms with Crippen LogP contribution in [0, 0.1) is 0 Å². The number of hydrogen-bond acceptors (Lipinski definition) is 6. The summed E-state index contributed by atoms with van der Waals surface area (Å²) in [6, 6.07) is 22.2. The van der Waals surface area contributed by atoms with Gasteiger partial charge in [0.25, 0.3) is 11.8 Å². The van der Waals surface area contributed by atoms with Crippen molar-refractivity contribution < 1.29 is 14.4 Å². The molecule has 0 atom stereocenters. The molecule has 166 valence electrons. The molecule has 33 heavy (non-hydrogen) atoms. The van der Waals surface area contributed by atoms with Crippen LogP contribution in [-0.4, -0.2) is 29.3 Å². The zero-order valence-electron chi connectivity index (χ0n) is 17.5. The maximum Gasteiger partial charge on any atom is 0.260 e. The number of fused-ring (bicyclic) bond motifs is 1. The molecular weight excluding hydrogens is 438 g/mol. The maximum atomic E-state index is 12.4. The highest BCUT2D eigenvalue weighted by molar-refractivity contribution is 7.18. The molecule has 4 aromatic rings. The van der Waals surface area contributed by atoms with Crippen LogP contribution in [0.25, 0.3) is 21.3 Å². The zero-order valence-corrected chi connectivity index (χ0v) is 18.3. The van der Waals surface area contributed by atoms with Gasteiger partial charge in [0.15, 0.2) is 0 Å². The lowest BCUT2D eigenvalue weighted by atomic mass is 10.1. The number of carbonyl (C=O) groups is 3. The molecule has 0 unspecified atom stereocenters. The number of thiazole rings is 1. The Morgan fingerprint density at radius 2 is 1.67 bits per heavy atom. The van der Waals surface area contributed by atoms with Crippen LogP contribution in [0.1, 0.15) is 15.4 Å². The van der Waals surface area contributed by atoms with E-state index in [4.69, 9.17) is 11.6 Å². The number of rotatable bonds is 7. The molecule has 0 saturated heterocycles. The van der Waals surface area contributed by atoms with Crippen LogP contribution >= 0.6 is 11.3 Å². The molecule has 1 aromatic heterocycles. The van der Waals surface area contributed by atoms with Crippen molar-refractivity contribution in [2.24, 2.45) is 11.6 Å². The number of hydrogen-bond donors (Lipinski definition) is 3. The molecule has 0 aliphatic carbocycles. The number of anilines is 1. The van der Waals surface area contributed by atoms with E-state index < -0.39 is 11.8 Å². The minimum absolute atomic E-state index is 0.0374. The van der Waals surface area contributed by atoms with Crippen LogP contribution in [0.15, 0.2) is 72.8 Å². The second-order valence-electron chi connectivity index (χ2n) is 7.25. The smallest absolute Gasteiger partial charge is 0.260 e. The fourth-order valence-corrected chi connectivity index (χ4v) is 4.35. The molecule has 3 aromatic carbocycles. The third kappa shape index (κ3) is 5.05. The molecular formula is C24H21N5O3S. The highest BCUT2D eigenvalue weighted by Crippen LogP contribution is 2.28. The van der Waals surface area contributed by atoms with Crippen molar-refractivity contribution in [1.29, 1.82) is 0 Å². The first-order chi connectivity index (χ1) is 15.9. The Morgan fingerprint density at radius 1 is 0.939 bits per heavy atom. The van der Waals surface area contributed by atoms with Crippen molar-refractivity contribution in [2.75, 3.05) is 11.6 Å². The first-order valence-electron chi connectivity index (χ1n) is 10.1. The molecule has 0 aliphatic rings. The highest BCUT2D eigenvalue weighted by Gasteiger charge is 2.18. The lowest BCUT2D eigenvalue weighted by Gasteiger charge is -2.19. The second kappa shape index (κ2) is 9.60. The van der Waals surface area contributed by atoms with Crippen molar-refractivity contribution in [2.45, 2.75) is 6.42 Å². The maximum absolute atomic E-state index is 12.4. The molecule has 1 heterocycles. The summed E-state index contributed by atoms with van der Waals surface area (Å²) >= 11 is 1.43. The zero-order chi connectivity index (χ0) is 23.4. The monoisotopic (exact) mass is 459 g/mol. The van der Waals surface area contributed by atoms with Crippen LogP contribution < -0.4 is 21.9 Å². The van der Waals surface area contributed by atoms with E-state index in [9.17, 15) is 14.4 Å². The topological polar surface area (TPSA) is 131 Å². The van der Waals surface area contributed by atoms with Crippen LogP contribution in [0.4, 0.5) is 5.69 Å². The van der Waals surface area contributed by atoms with E-state index in [1.54, 1.807) is 12.1 Å². The number of nitrogens with zero attached hydrogens (tertiary/aromatic N) is 2. The number of amides is 3.